The van der Waals surface area contributed by atoms with E-state index in [2.05, 4.69) is 9.71 Å². The number of rotatable bonds is 2. The van der Waals surface area contributed by atoms with Crippen LogP contribution in [-0.4, -0.2) is 44.0 Å². The van der Waals surface area contributed by atoms with E-state index in [1.165, 1.54) is 4.88 Å². The Labute approximate surface area is 169 Å². The molecule has 1 N–H and O–H groups in total. The number of piperidine rings is 1. The van der Waals surface area contributed by atoms with Crippen molar-refractivity contribution in [1.82, 2.24) is 14.6 Å². The SMILES string of the molecule is CC(C)(C)OC(=O)N1CCC2(CC1)Cc1scnc1[C@@H]2N[S+]([O-])C(C)(C)C. The van der Waals surface area contributed by atoms with E-state index in [4.69, 9.17) is 4.74 Å². The fourth-order valence-electron chi connectivity index (χ4n) is 3.75. The number of hydrogen-bond acceptors (Lipinski definition) is 6. The lowest BCUT2D eigenvalue weighted by Gasteiger charge is -2.43. The van der Waals surface area contributed by atoms with Crippen LogP contribution < -0.4 is 4.72 Å². The number of carbonyl (C=O) groups excluding carboxylic acids is 1. The molecule has 2 atom stereocenters. The summed E-state index contributed by atoms with van der Waals surface area (Å²) in [5.74, 6) is 0. The Balaban J connectivity index is 1.73. The highest BCUT2D eigenvalue weighted by molar-refractivity contribution is 7.90. The van der Waals surface area contributed by atoms with Gasteiger partial charge in [-0.1, -0.05) is 0 Å². The fourth-order valence-corrected chi connectivity index (χ4v) is 5.63. The number of nitrogens with one attached hydrogen (secondary N) is 1. The molecule has 27 heavy (non-hydrogen) atoms. The molecule has 0 aromatic carbocycles. The van der Waals surface area contributed by atoms with Gasteiger partial charge in [0, 0.05) is 34.7 Å². The van der Waals surface area contributed by atoms with E-state index >= 15 is 0 Å². The van der Waals surface area contributed by atoms with Gasteiger partial charge in [0.15, 0.2) is 0 Å². The molecule has 1 spiro atoms. The quantitative estimate of drug-likeness (QED) is 0.746. The summed E-state index contributed by atoms with van der Waals surface area (Å²) in [6, 6.07) is -0.0282. The molecule has 0 radical (unpaired) electrons. The maximum Gasteiger partial charge on any atom is 0.410 e. The van der Waals surface area contributed by atoms with Crippen LogP contribution >= 0.6 is 11.3 Å². The third-order valence-electron chi connectivity index (χ3n) is 5.26. The molecular formula is C19H31N3O3S2. The monoisotopic (exact) mass is 413 g/mol. The Bertz CT molecular complexity index is 685. The molecule has 3 rings (SSSR count). The van der Waals surface area contributed by atoms with Crippen molar-refractivity contribution >= 4 is 28.8 Å². The zero-order valence-corrected chi connectivity index (χ0v) is 18.8. The molecule has 1 fully saturated rings. The normalized spacial score (nSPS) is 23.4. The first-order chi connectivity index (χ1) is 12.4. The Morgan fingerprint density at radius 3 is 2.52 bits per heavy atom. The number of aromatic nitrogens is 1. The highest BCUT2D eigenvalue weighted by Gasteiger charge is 2.52. The van der Waals surface area contributed by atoms with Crippen LogP contribution in [0.25, 0.3) is 0 Å². The molecule has 152 valence electrons. The molecule has 2 heterocycles. The van der Waals surface area contributed by atoms with Crippen molar-refractivity contribution in [2.24, 2.45) is 5.41 Å². The van der Waals surface area contributed by atoms with Crippen LogP contribution in [0.3, 0.4) is 0 Å². The highest BCUT2D eigenvalue weighted by atomic mass is 32.2. The first-order valence-corrected chi connectivity index (χ1v) is 11.5. The predicted molar refractivity (Wildman–Crippen MR) is 109 cm³/mol. The number of hydrogen-bond donors (Lipinski definition) is 1. The number of fused-ring (bicyclic) bond motifs is 1. The van der Waals surface area contributed by atoms with E-state index in [0.29, 0.717) is 13.1 Å². The van der Waals surface area contributed by atoms with Gasteiger partial charge in [-0.3, -0.25) is 0 Å². The number of thiazole rings is 1. The smallest absolute Gasteiger partial charge is 0.410 e. The van der Waals surface area contributed by atoms with Crippen molar-refractivity contribution in [3.8, 4) is 0 Å². The van der Waals surface area contributed by atoms with Crippen LogP contribution in [0.4, 0.5) is 4.79 Å². The van der Waals surface area contributed by atoms with Gasteiger partial charge in [0.2, 0.25) is 0 Å². The molecule has 0 saturated carbocycles. The zero-order chi connectivity index (χ0) is 20.0. The number of amides is 1. The molecule has 1 aromatic heterocycles. The van der Waals surface area contributed by atoms with Crippen molar-refractivity contribution in [2.75, 3.05) is 13.1 Å². The second-order valence-electron chi connectivity index (χ2n) is 9.60. The average Bonchev–Trinajstić information content (AvgIpc) is 3.07. The summed E-state index contributed by atoms with van der Waals surface area (Å²) in [7, 11) is 0. The van der Waals surface area contributed by atoms with Gasteiger partial charge in [-0.15, -0.1) is 16.1 Å². The Hall–Kier alpha value is -0.830. The second-order valence-corrected chi connectivity index (χ2v) is 12.5. The maximum atomic E-state index is 12.8. The topological polar surface area (TPSA) is 77.5 Å². The molecule has 1 saturated heterocycles. The highest BCUT2D eigenvalue weighted by Crippen LogP contribution is 2.53. The van der Waals surface area contributed by atoms with Crippen LogP contribution in [-0.2, 0) is 22.5 Å². The van der Waals surface area contributed by atoms with Crippen LogP contribution in [0.15, 0.2) is 5.51 Å². The van der Waals surface area contributed by atoms with E-state index in [-0.39, 0.29) is 22.3 Å². The van der Waals surface area contributed by atoms with Gasteiger partial charge in [0.1, 0.15) is 16.4 Å². The number of nitrogens with zero attached hydrogens (tertiary/aromatic N) is 2. The summed E-state index contributed by atoms with van der Waals surface area (Å²) >= 11 is 0.510. The van der Waals surface area contributed by atoms with Gasteiger partial charge in [0.05, 0.1) is 11.2 Å². The molecule has 8 heteroatoms. The largest absolute Gasteiger partial charge is 0.598 e. The lowest BCUT2D eigenvalue weighted by Crippen LogP contribution is -2.51. The zero-order valence-electron chi connectivity index (χ0n) is 17.1. The number of likely N-dealkylation sites (tertiary alicyclic amines) is 1. The third kappa shape index (κ3) is 4.44. The van der Waals surface area contributed by atoms with E-state index in [0.717, 1.165) is 25.0 Å². The van der Waals surface area contributed by atoms with Crippen molar-refractivity contribution in [1.29, 1.82) is 0 Å². The summed E-state index contributed by atoms with van der Waals surface area (Å²) in [4.78, 5) is 20.1. The molecule has 2 aliphatic rings. The minimum Gasteiger partial charge on any atom is -0.598 e. The molecular weight excluding hydrogens is 382 g/mol. The molecule has 1 amide bonds. The van der Waals surface area contributed by atoms with E-state index in [9.17, 15) is 9.35 Å². The fraction of sp³-hybridized carbons (Fsp3) is 0.789. The van der Waals surface area contributed by atoms with Crippen LogP contribution in [0, 0.1) is 5.41 Å². The molecule has 1 aliphatic carbocycles. The lowest BCUT2D eigenvalue weighted by molar-refractivity contribution is 0.00707. The Kier molecular flexibility index (Phi) is 5.58. The van der Waals surface area contributed by atoms with Gasteiger partial charge >= 0.3 is 6.09 Å². The third-order valence-corrected chi connectivity index (χ3v) is 7.67. The Morgan fingerprint density at radius 2 is 1.96 bits per heavy atom. The minimum absolute atomic E-state index is 0.0282. The molecule has 6 nitrogen and oxygen atoms in total. The molecule has 0 bridgehead atoms. The second kappa shape index (κ2) is 7.21. The first kappa shape index (κ1) is 20.9. The van der Waals surface area contributed by atoms with E-state index in [1.807, 2.05) is 47.1 Å². The summed E-state index contributed by atoms with van der Waals surface area (Å²) in [5.41, 5.74) is 2.40. The van der Waals surface area contributed by atoms with Gasteiger partial charge in [-0.05, 0) is 60.8 Å². The average molecular weight is 414 g/mol. The van der Waals surface area contributed by atoms with E-state index in [1.54, 1.807) is 16.2 Å². The predicted octanol–water partition coefficient (Wildman–Crippen LogP) is 3.81. The summed E-state index contributed by atoms with van der Waals surface area (Å²) in [6.45, 7) is 12.9. The standard InChI is InChI=1S/C19H31N3O3S2/c1-17(2,3)25-16(23)22-9-7-19(8-10-22)11-13-14(20-12-26-13)15(19)21-27(24)18(4,5)6/h12,15,21H,7-11H2,1-6H3/t15-,27?/m0/s1. The molecule has 1 aromatic rings. The van der Waals surface area contributed by atoms with Crippen molar-refractivity contribution < 1.29 is 14.1 Å². The van der Waals surface area contributed by atoms with Gasteiger partial charge < -0.3 is 14.2 Å². The van der Waals surface area contributed by atoms with E-state index < -0.39 is 17.0 Å². The lowest BCUT2D eigenvalue weighted by atomic mass is 9.74. The number of carbonyl (C=O) groups is 1. The van der Waals surface area contributed by atoms with Gasteiger partial charge in [-0.25, -0.2) is 9.78 Å². The first-order valence-electron chi connectivity index (χ1n) is 9.50. The van der Waals surface area contributed by atoms with Crippen molar-refractivity contribution in [3.63, 3.8) is 0 Å². The Morgan fingerprint density at radius 1 is 1.33 bits per heavy atom. The van der Waals surface area contributed by atoms with Crippen LogP contribution in [0.5, 0.6) is 0 Å². The van der Waals surface area contributed by atoms with Gasteiger partial charge in [-0.2, -0.15) is 0 Å². The minimum atomic E-state index is -1.17. The van der Waals surface area contributed by atoms with Gasteiger partial charge in [0.25, 0.3) is 0 Å². The summed E-state index contributed by atoms with van der Waals surface area (Å²) in [6.07, 6.45) is 2.41. The maximum absolute atomic E-state index is 12.8. The van der Waals surface area contributed by atoms with Crippen LogP contribution in [0.1, 0.15) is 71.0 Å². The van der Waals surface area contributed by atoms with Crippen molar-refractivity contribution in [2.45, 2.75) is 77.2 Å². The number of ether oxygens (including phenoxy) is 1. The van der Waals surface area contributed by atoms with Crippen molar-refractivity contribution in [3.05, 3.63) is 16.1 Å². The summed E-state index contributed by atoms with van der Waals surface area (Å²) in [5, 5.41) is 0. The van der Waals surface area contributed by atoms with Crippen LogP contribution in [0.2, 0.25) is 0 Å². The molecule has 1 aliphatic heterocycles. The summed E-state index contributed by atoms with van der Waals surface area (Å²) < 4.78 is 21.4. The molecule has 1 unspecified atom stereocenters.